The monoisotopic (exact) mass is 505 g/mol. The van der Waals surface area contributed by atoms with Gasteiger partial charge in [0.05, 0.1) is 0 Å². The summed E-state index contributed by atoms with van der Waals surface area (Å²) in [7, 11) is 4.04. The minimum atomic E-state index is 0. The predicted molar refractivity (Wildman–Crippen MR) is 126 cm³/mol. The van der Waals surface area contributed by atoms with Crippen LogP contribution in [-0.4, -0.2) is 75.2 Å². The van der Waals surface area contributed by atoms with Gasteiger partial charge in [-0.2, -0.15) is 0 Å². The Morgan fingerprint density at radius 1 is 1.22 bits per heavy atom. The van der Waals surface area contributed by atoms with E-state index < -0.39 is 0 Å². The standard InChI is InChI=1S/C20H32ClN5.HI/c1-16(26-11-9-25(3)10-12-26)14-23-19(22-2)24-15-20(7-8-20)17-5-4-6-18(21)13-17;/h4-6,13,16H,7-12,14-15H2,1-3H3,(H2,22,23,24);1H. The van der Waals surface area contributed by atoms with Gasteiger partial charge in [-0.1, -0.05) is 23.7 Å². The lowest BCUT2D eigenvalue weighted by molar-refractivity contribution is 0.120. The average Bonchev–Trinajstić information content (AvgIpc) is 3.43. The molecule has 1 aliphatic carbocycles. The van der Waals surface area contributed by atoms with E-state index in [-0.39, 0.29) is 29.4 Å². The Morgan fingerprint density at radius 2 is 1.93 bits per heavy atom. The molecule has 0 spiro atoms. The summed E-state index contributed by atoms with van der Waals surface area (Å²) in [5.74, 6) is 0.888. The van der Waals surface area contributed by atoms with E-state index in [1.165, 1.54) is 18.4 Å². The van der Waals surface area contributed by atoms with Gasteiger partial charge in [-0.05, 0) is 44.5 Å². The van der Waals surface area contributed by atoms with Crippen LogP contribution in [0.2, 0.25) is 5.02 Å². The highest BCUT2D eigenvalue weighted by atomic mass is 127. The molecule has 0 amide bonds. The minimum Gasteiger partial charge on any atom is -0.356 e. The second kappa shape index (κ2) is 10.3. The van der Waals surface area contributed by atoms with Crippen LogP contribution in [0.1, 0.15) is 25.3 Å². The van der Waals surface area contributed by atoms with Gasteiger partial charge in [0, 0.05) is 62.8 Å². The minimum absolute atomic E-state index is 0. The van der Waals surface area contributed by atoms with Crippen molar-refractivity contribution < 1.29 is 0 Å². The summed E-state index contributed by atoms with van der Waals surface area (Å²) in [5, 5.41) is 7.84. The molecule has 0 bridgehead atoms. The quantitative estimate of drug-likeness (QED) is 0.354. The Labute approximate surface area is 185 Å². The number of hydrogen-bond donors (Lipinski definition) is 2. The highest BCUT2D eigenvalue weighted by Crippen LogP contribution is 2.48. The van der Waals surface area contributed by atoms with Crippen molar-refractivity contribution in [2.24, 2.45) is 4.99 Å². The van der Waals surface area contributed by atoms with Gasteiger partial charge in [-0.25, -0.2) is 0 Å². The molecule has 27 heavy (non-hydrogen) atoms. The van der Waals surface area contributed by atoms with E-state index in [2.05, 4.69) is 51.5 Å². The number of halogens is 2. The normalized spacial score (nSPS) is 21.3. The van der Waals surface area contributed by atoms with Crippen LogP contribution < -0.4 is 10.6 Å². The molecule has 2 aliphatic rings. The van der Waals surface area contributed by atoms with E-state index in [1.807, 2.05) is 19.2 Å². The first-order valence-corrected chi connectivity index (χ1v) is 10.0. The molecule has 2 fully saturated rings. The smallest absolute Gasteiger partial charge is 0.191 e. The third-order valence-electron chi connectivity index (χ3n) is 5.83. The Morgan fingerprint density at radius 3 is 2.52 bits per heavy atom. The van der Waals surface area contributed by atoms with E-state index in [0.717, 1.165) is 50.3 Å². The zero-order valence-corrected chi connectivity index (χ0v) is 19.8. The topological polar surface area (TPSA) is 42.9 Å². The molecule has 152 valence electrons. The average molecular weight is 506 g/mol. The lowest BCUT2D eigenvalue weighted by Gasteiger charge is -2.36. The third-order valence-corrected chi connectivity index (χ3v) is 6.07. The molecule has 1 heterocycles. The lowest BCUT2D eigenvalue weighted by atomic mass is 9.96. The Bertz CT molecular complexity index is 627. The fourth-order valence-electron chi connectivity index (χ4n) is 3.65. The number of piperazine rings is 1. The van der Waals surface area contributed by atoms with Gasteiger partial charge >= 0.3 is 0 Å². The number of benzene rings is 1. The molecule has 7 heteroatoms. The van der Waals surface area contributed by atoms with E-state index in [0.29, 0.717) is 6.04 Å². The molecule has 1 unspecified atom stereocenters. The molecule has 1 aliphatic heterocycles. The fourth-order valence-corrected chi connectivity index (χ4v) is 3.84. The molecule has 0 aromatic heterocycles. The molecule has 1 aromatic carbocycles. The van der Waals surface area contributed by atoms with Crippen LogP contribution in [-0.2, 0) is 5.41 Å². The molecule has 3 rings (SSSR count). The summed E-state index contributed by atoms with van der Waals surface area (Å²) >= 11 is 6.17. The first kappa shape index (κ1) is 22.7. The SMILES string of the molecule is CN=C(NCC(C)N1CCN(C)CC1)NCC1(c2cccc(Cl)c2)CC1.I. The first-order valence-electron chi connectivity index (χ1n) is 9.65. The number of likely N-dealkylation sites (N-methyl/N-ethyl adjacent to an activating group) is 1. The van der Waals surface area contributed by atoms with E-state index in [4.69, 9.17) is 11.6 Å². The van der Waals surface area contributed by atoms with Crippen LogP contribution in [0.25, 0.3) is 0 Å². The van der Waals surface area contributed by atoms with Crippen LogP contribution >= 0.6 is 35.6 Å². The van der Waals surface area contributed by atoms with Crippen molar-refractivity contribution in [2.75, 3.05) is 53.4 Å². The van der Waals surface area contributed by atoms with Crippen LogP contribution in [0, 0.1) is 0 Å². The van der Waals surface area contributed by atoms with Crippen molar-refractivity contribution in [3.63, 3.8) is 0 Å². The summed E-state index contributed by atoms with van der Waals surface area (Å²) in [6.45, 7) is 8.69. The van der Waals surface area contributed by atoms with Crippen LogP contribution in [0.5, 0.6) is 0 Å². The second-order valence-electron chi connectivity index (χ2n) is 7.79. The van der Waals surface area contributed by atoms with Gasteiger partial charge in [0.25, 0.3) is 0 Å². The fraction of sp³-hybridized carbons (Fsp3) is 0.650. The maximum absolute atomic E-state index is 6.17. The van der Waals surface area contributed by atoms with Gasteiger partial charge in [0.15, 0.2) is 5.96 Å². The summed E-state index contributed by atoms with van der Waals surface area (Å²) in [6.07, 6.45) is 2.41. The third kappa shape index (κ3) is 6.21. The van der Waals surface area contributed by atoms with Crippen molar-refractivity contribution in [3.05, 3.63) is 34.9 Å². The lowest BCUT2D eigenvalue weighted by Crippen LogP contribution is -2.52. The summed E-state index contributed by atoms with van der Waals surface area (Å²) < 4.78 is 0. The maximum Gasteiger partial charge on any atom is 0.191 e. The second-order valence-corrected chi connectivity index (χ2v) is 8.22. The van der Waals surface area contributed by atoms with Crippen LogP contribution in [0.15, 0.2) is 29.3 Å². The summed E-state index contributed by atoms with van der Waals surface area (Å²) in [6, 6.07) is 8.77. The summed E-state index contributed by atoms with van der Waals surface area (Å²) in [4.78, 5) is 9.34. The van der Waals surface area contributed by atoms with Crippen LogP contribution in [0.3, 0.4) is 0 Å². The Hall–Kier alpha value is -0.570. The first-order chi connectivity index (χ1) is 12.5. The molecule has 1 saturated carbocycles. The van der Waals surface area contributed by atoms with Gasteiger partial charge in [0.2, 0.25) is 0 Å². The Balaban J connectivity index is 0.00000261. The zero-order chi connectivity index (χ0) is 18.6. The van der Waals surface area contributed by atoms with Gasteiger partial charge in [-0.15, -0.1) is 24.0 Å². The number of hydrogen-bond acceptors (Lipinski definition) is 3. The van der Waals surface area contributed by atoms with Gasteiger partial charge in [-0.3, -0.25) is 9.89 Å². The molecule has 1 aromatic rings. The maximum atomic E-state index is 6.17. The van der Waals surface area contributed by atoms with E-state index >= 15 is 0 Å². The van der Waals surface area contributed by atoms with Gasteiger partial charge in [0.1, 0.15) is 0 Å². The molecule has 1 saturated heterocycles. The van der Waals surface area contributed by atoms with Crippen molar-refractivity contribution in [2.45, 2.75) is 31.2 Å². The number of nitrogens with one attached hydrogen (secondary N) is 2. The van der Waals surface area contributed by atoms with E-state index in [9.17, 15) is 0 Å². The highest BCUT2D eigenvalue weighted by molar-refractivity contribution is 14.0. The molecule has 0 radical (unpaired) electrons. The number of guanidine groups is 1. The number of nitrogens with zero attached hydrogens (tertiary/aromatic N) is 3. The molecular weight excluding hydrogens is 473 g/mol. The Kier molecular flexibility index (Phi) is 8.65. The van der Waals surface area contributed by atoms with Crippen LogP contribution in [0.4, 0.5) is 0 Å². The van der Waals surface area contributed by atoms with E-state index in [1.54, 1.807) is 0 Å². The molecule has 5 nitrogen and oxygen atoms in total. The number of rotatable bonds is 6. The van der Waals surface area contributed by atoms with Crippen molar-refractivity contribution >= 4 is 41.5 Å². The number of aliphatic imine (C=N–C) groups is 1. The largest absolute Gasteiger partial charge is 0.356 e. The van der Waals surface area contributed by atoms with Crippen molar-refractivity contribution in [3.8, 4) is 0 Å². The zero-order valence-electron chi connectivity index (χ0n) is 16.7. The molecule has 1 atom stereocenters. The molecular formula is C20H33ClIN5. The van der Waals surface area contributed by atoms with Gasteiger partial charge < -0.3 is 15.5 Å². The summed E-state index contributed by atoms with van der Waals surface area (Å²) in [5.41, 5.74) is 1.55. The predicted octanol–water partition coefficient (Wildman–Crippen LogP) is 2.79. The molecule has 2 N–H and O–H groups in total. The van der Waals surface area contributed by atoms with Crippen molar-refractivity contribution in [1.82, 2.24) is 20.4 Å². The van der Waals surface area contributed by atoms with Crippen molar-refractivity contribution in [1.29, 1.82) is 0 Å². The highest BCUT2D eigenvalue weighted by Gasteiger charge is 2.44.